The Morgan fingerprint density at radius 2 is 1.73 bits per heavy atom. The molecule has 1 saturated carbocycles. The van der Waals surface area contributed by atoms with Crippen molar-refractivity contribution in [2.24, 2.45) is 5.41 Å². The summed E-state index contributed by atoms with van der Waals surface area (Å²) in [7, 11) is 0. The van der Waals surface area contributed by atoms with Crippen molar-refractivity contribution in [3.63, 3.8) is 0 Å². The second kappa shape index (κ2) is 4.67. The van der Waals surface area contributed by atoms with Gasteiger partial charge in [0.25, 0.3) is 11.8 Å². The van der Waals surface area contributed by atoms with Crippen LogP contribution in [0.15, 0.2) is 24.3 Å². The van der Waals surface area contributed by atoms with Crippen LogP contribution in [0, 0.1) is 5.41 Å². The van der Waals surface area contributed by atoms with Crippen LogP contribution < -0.4 is 0 Å². The van der Waals surface area contributed by atoms with E-state index in [0.717, 1.165) is 24.3 Å². The van der Waals surface area contributed by atoms with E-state index in [-0.39, 0.29) is 18.5 Å². The van der Waals surface area contributed by atoms with E-state index < -0.39 is 29.0 Å². The zero-order valence-corrected chi connectivity index (χ0v) is 11.6. The number of alkyl halides is 5. The SMILES string of the molecule is O=C(c1ccc(C(F)(F)F)cc1)N1CCCC2(C1)CC2(F)F. The van der Waals surface area contributed by atoms with Gasteiger partial charge >= 0.3 is 6.18 Å². The van der Waals surface area contributed by atoms with Crippen molar-refractivity contribution >= 4 is 5.91 Å². The van der Waals surface area contributed by atoms with Crippen molar-refractivity contribution in [1.82, 2.24) is 4.90 Å². The van der Waals surface area contributed by atoms with Crippen LogP contribution in [0.2, 0.25) is 0 Å². The highest BCUT2D eigenvalue weighted by Crippen LogP contribution is 2.64. The molecule has 0 radical (unpaired) electrons. The monoisotopic (exact) mass is 319 g/mol. The molecule has 0 aromatic heterocycles. The minimum atomic E-state index is -4.47. The third-order valence-electron chi connectivity index (χ3n) is 4.53. The first-order valence-corrected chi connectivity index (χ1v) is 6.99. The van der Waals surface area contributed by atoms with E-state index in [1.165, 1.54) is 4.90 Å². The Kier molecular flexibility index (Phi) is 3.23. The van der Waals surface area contributed by atoms with E-state index >= 15 is 0 Å². The molecule has 1 heterocycles. The summed E-state index contributed by atoms with van der Waals surface area (Å²) >= 11 is 0. The first kappa shape index (κ1) is 15.2. The second-order valence-corrected chi connectivity index (χ2v) is 6.07. The lowest BCUT2D eigenvalue weighted by atomic mass is 9.93. The normalized spacial score (nSPS) is 27.0. The second-order valence-electron chi connectivity index (χ2n) is 6.07. The standard InChI is InChI=1S/C15H14F5NO/c16-14(17)8-13(14)6-1-7-21(9-13)12(22)10-2-4-11(5-3-10)15(18,19)20/h2-5H,1,6-9H2. The van der Waals surface area contributed by atoms with Gasteiger partial charge in [0.2, 0.25) is 0 Å². The number of piperidine rings is 1. The number of likely N-dealkylation sites (tertiary alicyclic amines) is 1. The molecular weight excluding hydrogens is 305 g/mol. The lowest BCUT2D eigenvalue weighted by Gasteiger charge is -2.33. The van der Waals surface area contributed by atoms with Crippen LogP contribution in [0.5, 0.6) is 0 Å². The van der Waals surface area contributed by atoms with Crippen LogP contribution >= 0.6 is 0 Å². The van der Waals surface area contributed by atoms with Crippen molar-refractivity contribution in [3.05, 3.63) is 35.4 Å². The van der Waals surface area contributed by atoms with Gasteiger partial charge in [-0.15, -0.1) is 0 Å². The van der Waals surface area contributed by atoms with Gasteiger partial charge in [0.1, 0.15) is 0 Å². The van der Waals surface area contributed by atoms with Crippen molar-refractivity contribution in [3.8, 4) is 0 Å². The predicted molar refractivity (Wildman–Crippen MR) is 68.6 cm³/mol. The largest absolute Gasteiger partial charge is 0.416 e. The van der Waals surface area contributed by atoms with E-state index in [9.17, 15) is 26.7 Å². The smallest absolute Gasteiger partial charge is 0.338 e. The first-order chi connectivity index (χ1) is 10.1. The number of nitrogens with zero attached hydrogens (tertiary/aromatic N) is 1. The Labute approximate surface area is 123 Å². The molecule has 1 aromatic rings. The fourth-order valence-corrected chi connectivity index (χ4v) is 3.11. The number of rotatable bonds is 1. The summed E-state index contributed by atoms with van der Waals surface area (Å²) in [6.45, 7) is 0.331. The van der Waals surface area contributed by atoms with Gasteiger partial charge in [0.05, 0.1) is 11.0 Å². The van der Waals surface area contributed by atoms with E-state index in [1.54, 1.807) is 0 Å². The van der Waals surface area contributed by atoms with Crippen LogP contribution in [-0.4, -0.2) is 29.8 Å². The van der Waals surface area contributed by atoms with E-state index in [0.29, 0.717) is 19.4 Å². The van der Waals surface area contributed by atoms with Gasteiger partial charge in [-0.3, -0.25) is 4.79 Å². The Bertz CT molecular complexity index is 595. The maximum Gasteiger partial charge on any atom is 0.416 e. The average molecular weight is 319 g/mol. The number of benzene rings is 1. The minimum absolute atomic E-state index is 0.0279. The zero-order valence-electron chi connectivity index (χ0n) is 11.6. The highest BCUT2D eigenvalue weighted by Gasteiger charge is 2.71. The molecule has 7 heteroatoms. The van der Waals surface area contributed by atoms with Crippen molar-refractivity contribution in [1.29, 1.82) is 0 Å². The van der Waals surface area contributed by atoms with Gasteiger partial charge in [-0.25, -0.2) is 8.78 Å². The summed E-state index contributed by atoms with van der Waals surface area (Å²) in [5, 5.41) is 0. The summed E-state index contributed by atoms with van der Waals surface area (Å²) in [6, 6.07) is 3.85. The summed E-state index contributed by atoms with van der Waals surface area (Å²) < 4.78 is 64.3. The first-order valence-electron chi connectivity index (χ1n) is 6.99. The van der Waals surface area contributed by atoms with Gasteiger partial charge in [0, 0.05) is 25.1 Å². The quantitative estimate of drug-likeness (QED) is 0.717. The molecule has 1 aromatic carbocycles. The van der Waals surface area contributed by atoms with Crippen LogP contribution in [0.25, 0.3) is 0 Å². The van der Waals surface area contributed by atoms with Gasteiger partial charge in [-0.05, 0) is 37.1 Å². The zero-order chi connectivity index (χ0) is 16.2. The molecule has 2 fully saturated rings. The highest BCUT2D eigenvalue weighted by atomic mass is 19.4. The summed E-state index contributed by atoms with van der Waals surface area (Å²) in [4.78, 5) is 13.6. The van der Waals surface area contributed by atoms with Crippen LogP contribution in [-0.2, 0) is 6.18 Å². The number of hydrogen-bond acceptors (Lipinski definition) is 1. The Hall–Kier alpha value is -1.66. The molecule has 3 rings (SSSR count). The van der Waals surface area contributed by atoms with Crippen LogP contribution in [0.3, 0.4) is 0 Å². The highest BCUT2D eigenvalue weighted by molar-refractivity contribution is 5.94. The molecule has 2 aliphatic rings. The molecular formula is C15H14F5NO. The van der Waals surface area contributed by atoms with Crippen molar-refractivity contribution in [2.75, 3.05) is 13.1 Å². The summed E-state index contributed by atoms with van der Waals surface area (Å²) in [5.74, 6) is -3.22. The van der Waals surface area contributed by atoms with E-state index in [4.69, 9.17) is 0 Å². The molecule has 0 N–H and O–H groups in total. The molecule has 0 bridgehead atoms. The molecule has 1 atom stereocenters. The van der Waals surface area contributed by atoms with E-state index in [2.05, 4.69) is 0 Å². The van der Waals surface area contributed by atoms with Gasteiger partial charge in [0.15, 0.2) is 0 Å². The van der Waals surface area contributed by atoms with Crippen molar-refractivity contribution in [2.45, 2.75) is 31.4 Å². The molecule has 22 heavy (non-hydrogen) atoms. The minimum Gasteiger partial charge on any atom is -0.338 e. The van der Waals surface area contributed by atoms with Gasteiger partial charge in [-0.1, -0.05) is 0 Å². The fraction of sp³-hybridized carbons (Fsp3) is 0.533. The lowest BCUT2D eigenvalue weighted by Crippen LogP contribution is -2.42. The van der Waals surface area contributed by atoms with E-state index in [1.807, 2.05) is 0 Å². The maximum absolute atomic E-state index is 13.4. The predicted octanol–water partition coefficient (Wildman–Crippen LogP) is 3.97. The lowest BCUT2D eigenvalue weighted by molar-refractivity contribution is -0.137. The number of halogens is 5. The van der Waals surface area contributed by atoms with Gasteiger partial charge in [-0.2, -0.15) is 13.2 Å². The van der Waals surface area contributed by atoms with Gasteiger partial charge < -0.3 is 4.90 Å². The third-order valence-corrected chi connectivity index (χ3v) is 4.53. The maximum atomic E-state index is 13.4. The molecule has 2 nitrogen and oxygen atoms in total. The topological polar surface area (TPSA) is 20.3 Å². The fourth-order valence-electron chi connectivity index (χ4n) is 3.11. The average Bonchev–Trinajstić information content (AvgIpc) is 2.96. The molecule has 1 amide bonds. The van der Waals surface area contributed by atoms with Crippen LogP contribution in [0.1, 0.15) is 35.2 Å². The summed E-state index contributed by atoms with van der Waals surface area (Å²) in [5.41, 5.74) is -1.87. The Balaban J connectivity index is 1.74. The molecule has 1 aliphatic carbocycles. The molecule has 120 valence electrons. The number of hydrogen-bond donors (Lipinski definition) is 0. The molecule has 1 spiro atoms. The molecule has 1 aliphatic heterocycles. The third kappa shape index (κ3) is 2.46. The number of carbonyl (C=O) groups excluding carboxylic acids is 1. The Morgan fingerprint density at radius 3 is 2.23 bits per heavy atom. The Morgan fingerprint density at radius 1 is 1.14 bits per heavy atom. The summed E-state index contributed by atoms with van der Waals surface area (Å²) in [6.07, 6.45) is -3.80. The number of carbonyl (C=O) groups is 1. The number of amides is 1. The molecule has 1 unspecified atom stereocenters. The van der Waals surface area contributed by atoms with Crippen molar-refractivity contribution < 1.29 is 26.7 Å². The van der Waals surface area contributed by atoms with Crippen LogP contribution in [0.4, 0.5) is 22.0 Å². The molecule has 1 saturated heterocycles.